The second-order valence-corrected chi connectivity index (χ2v) is 16.5. The van der Waals surface area contributed by atoms with Gasteiger partial charge in [-0.25, -0.2) is 9.55 Å². The number of hydrogen-bond acceptors (Lipinski definition) is 10. The third-order valence-electron chi connectivity index (χ3n) is 10.0. The van der Waals surface area contributed by atoms with Crippen LogP contribution in [0.3, 0.4) is 0 Å². The molecule has 59 heavy (non-hydrogen) atoms. The lowest BCUT2D eigenvalue weighted by molar-refractivity contribution is -0.139. The maximum atomic E-state index is 14.0. The van der Waals surface area contributed by atoms with E-state index in [1.807, 2.05) is 36.6 Å². The Bertz CT molecular complexity index is 1750. The zero-order valence-electron chi connectivity index (χ0n) is 34.2. The summed E-state index contributed by atoms with van der Waals surface area (Å²) < 4.78 is 17.7. The van der Waals surface area contributed by atoms with Gasteiger partial charge >= 0.3 is 7.82 Å². The predicted octanol–water partition coefficient (Wildman–Crippen LogP) is 0.590. The van der Waals surface area contributed by atoms with Crippen LogP contribution in [0.4, 0.5) is 0 Å². The van der Waals surface area contributed by atoms with Gasteiger partial charge in [0.05, 0.1) is 19.0 Å². The quantitative estimate of drug-likeness (QED) is 0.0504. The topological polar surface area (TPSA) is 285 Å². The van der Waals surface area contributed by atoms with Gasteiger partial charge in [0.2, 0.25) is 35.4 Å². The highest BCUT2D eigenvalue weighted by atomic mass is 31.2. The molecule has 0 spiro atoms. The number of carbonyl (C=O) groups excluding carboxylic acids is 6. The van der Waals surface area contributed by atoms with Crippen LogP contribution in [0.5, 0.6) is 0 Å². The van der Waals surface area contributed by atoms with Crippen LogP contribution in [0.1, 0.15) is 90.3 Å². The first-order chi connectivity index (χ1) is 27.9. The summed E-state index contributed by atoms with van der Waals surface area (Å²) in [4.78, 5) is 103. The van der Waals surface area contributed by atoms with Crippen LogP contribution in [0.2, 0.25) is 0 Å². The number of aryl methyl sites for hydroxylation is 2. The summed E-state index contributed by atoms with van der Waals surface area (Å²) in [6, 6.07) is 3.55. The molecule has 328 valence electrons. The van der Waals surface area contributed by atoms with Crippen LogP contribution in [-0.2, 0) is 57.2 Å². The normalized spacial score (nSPS) is 16.7. The van der Waals surface area contributed by atoms with Crippen LogP contribution in [-0.4, -0.2) is 114 Å². The van der Waals surface area contributed by atoms with E-state index in [-0.39, 0.29) is 24.7 Å². The third-order valence-corrected chi connectivity index (χ3v) is 10.7. The van der Waals surface area contributed by atoms with Crippen LogP contribution in [0.15, 0.2) is 42.9 Å². The lowest BCUT2D eigenvalue weighted by atomic mass is 10.0. The van der Waals surface area contributed by atoms with Gasteiger partial charge in [-0.05, 0) is 56.9 Å². The SMILES string of the molecule is CC(=O)N1CCC[C@H]1C(=O)N[C@@H](CC(C)C)C(=O)N[C@@H](Cc1cncn1CCCCCCCc1ccccc1)C(=O)N[C@@H](CO)C(=O)N[C@H](C(N)=O)[C@@H](C)OP(=O)(O)O. The molecule has 1 fully saturated rings. The van der Waals surface area contributed by atoms with E-state index < -0.39 is 80.3 Å². The molecule has 2 aromatic rings. The average Bonchev–Trinajstić information content (AvgIpc) is 3.84. The van der Waals surface area contributed by atoms with Gasteiger partial charge in [-0.1, -0.05) is 63.4 Å². The number of amides is 6. The van der Waals surface area contributed by atoms with Gasteiger partial charge < -0.3 is 51.4 Å². The van der Waals surface area contributed by atoms with Crippen molar-refractivity contribution in [2.24, 2.45) is 11.7 Å². The minimum absolute atomic E-state index is 0.0804. The Kier molecular flexibility index (Phi) is 19.6. The van der Waals surface area contributed by atoms with Crippen molar-refractivity contribution in [3.05, 3.63) is 54.1 Å². The molecule has 6 atom stereocenters. The van der Waals surface area contributed by atoms with Crippen LogP contribution in [0, 0.1) is 5.92 Å². The number of hydrogen-bond donors (Lipinski definition) is 8. The Morgan fingerprint density at radius 3 is 2.15 bits per heavy atom. The second kappa shape index (κ2) is 23.8. The van der Waals surface area contributed by atoms with E-state index in [1.54, 1.807) is 12.5 Å². The van der Waals surface area contributed by atoms with E-state index >= 15 is 0 Å². The summed E-state index contributed by atoms with van der Waals surface area (Å²) in [6.45, 7) is 6.15. The van der Waals surface area contributed by atoms with E-state index in [2.05, 4.69) is 42.9 Å². The molecule has 2 heterocycles. The van der Waals surface area contributed by atoms with Gasteiger partial charge in [0.25, 0.3) is 0 Å². The lowest BCUT2D eigenvalue weighted by Gasteiger charge is -2.28. The van der Waals surface area contributed by atoms with Gasteiger partial charge in [0.1, 0.15) is 30.2 Å². The number of unbranched alkanes of at least 4 members (excludes halogenated alkanes) is 4. The number of nitrogens with zero attached hydrogens (tertiary/aromatic N) is 3. The molecule has 1 saturated heterocycles. The van der Waals surface area contributed by atoms with Crippen LogP contribution < -0.4 is 27.0 Å². The van der Waals surface area contributed by atoms with Crippen molar-refractivity contribution in [3.63, 3.8) is 0 Å². The molecule has 3 rings (SSSR count). The summed E-state index contributed by atoms with van der Waals surface area (Å²) in [6.07, 6.45) is 8.61. The number of rotatable bonds is 25. The number of benzene rings is 1. The van der Waals surface area contributed by atoms with Crippen molar-refractivity contribution in [2.75, 3.05) is 13.2 Å². The Morgan fingerprint density at radius 2 is 1.53 bits per heavy atom. The van der Waals surface area contributed by atoms with Crippen LogP contribution >= 0.6 is 7.82 Å². The van der Waals surface area contributed by atoms with Crippen molar-refractivity contribution >= 4 is 43.3 Å². The van der Waals surface area contributed by atoms with Gasteiger partial charge in [-0.2, -0.15) is 0 Å². The molecule has 0 unspecified atom stereocenters. The van der Waals surface area contributed by atoms with Crippen molar-refractivity contribution in [2.45, 2.75) is 135 Å². The highest BCUT2D eigenvalue weighted by molar-refractivity contribution is 7.46. The number of primary amides is 1. The maximum Gasteiger partial charge on any atom is 0.469 e. The number of aliphatic hydroxyl groups excluding tert-OH is 1. The Hall–Kier alpha value is -4.68. The molecular weight excluding hydrogens is 787 g/mol. The molecule has 1 aliphatic heterocycles. The van der Waals surface area contributed by atoms with Crippen molar-refractivity contribution in [1.82, 2.24) is 35.7 Å². The molecule has 20 heteroatoms. The van der Waals surface area contributed by atoms with E-state index in [1.165, 1.54) is 17.4 Å². The molecule has 9 N–H and O–H groups in total. The number of carbonyl (C=O) groups is 6. The number of imidazole rings is 1. The monoisotopic (exact) mass is 848 g/mol. The molecule has 0 bridgehead atoms. The van der Waals surface area contributed by atoms with Crippen molar-refractivity contribution in [1.29, 1.82) is 0 Å². The number of likely N-dealkylation sites (tertiary alicyclic amines) is 1. The molecule has 0 saturated carbocycles. The first-order valence-electron chi connectivity index (χ1n) is 20.1. The summed E-state index contributed by atoms with van der Waals surface area (Å²) in [7, 11) is -5.11. The predicted molar refractivity (Wildman–Crippen MR) is 216 cm³/mol. The summed E-state index contributed by atoms with van der Waals surface area (Å²) in [5.41, 5.74) is 7.22. The number of phosphoric acid groups is 1. The molecule has 19 nitrogen and oxygen atoms in total. The third kappa shape index (κ3) is 16.5. The summed E-state index contributed by atoms with van der Waals surface area (Å²) in [5, 5.41) is 20.1. The minimum Gasteiger partial charge on any atom is -0.394 e. The van der Waals surface area contributed by atoms with E-state index in [9.17, 15) is 48.2 Å². The summed E-state index contributed by atoms with van der Waals surface area (Å²) >= 11 is 0. The van der Waals surface area contributed by atoms with E-state index in [0.717, 1.165) is 45.4 Å². The summed E-state index contributed by atoms with van der Waals surface area (Å²) in [5.74, 6) is -4.82. The first-order valence-corrected chi connectivity index (χ1v) is 21.6. The smallest absolute Gasteiger partial charge is 0.394 e. The molecule has 0 radical (unpaired) electrons. The zero-order chi connectivity index (χ0) is 43.7. The molecule has 0 aliphatic carbocycles. The maximum absolute atomic E-state index is 14.0. The lowest BCUT2D eigenvalue weighted by Crippen LogP contribution is -2.61. The first kappa shape index (κ1) is 48.7. The van der Waals surface area contributed by atoms with Crippen molar-refractivity contribution in [3.8, 4) is 0 Å². The standard InChI is InChI=1S/C39H61N8O11P/c1-25(2)20-30(43-39(54)33-17-13-19-47(33)27(4)49)36(51)42-31(37(52)44-32(23-48)38(53)45-34(35(40)50)26(3)58-59(55,56)57)21-29-22-41-24-46(29)18-12-7-5-6-9-14-28-15-10-8-11-16-28/h8,10-11,15-16,22,24-26,30-34,48H,5-7,9,12-14,17-21,23H2,1-4H3,(H2,40,50)(H,42,51)(H,43,54)(H,44,52)(H,45,53)(H2,55,56,57)/t26-,30+,31+,32+,33+,34+/m1/s1. The fraction of sp³-hybridized carbons (Fsp3) is 0.615. The second-order valence-electron chi connectivity index (χ2n) is 15.3. The number of phosphoric ester groups is 1. The van der Waals surface area contributed by atoms with Crippen LogP contribution in [0.25, 0.3) is 0 Å². The van der Waals surface area contributed by atoms with Gasteiger partial charge in [-0.15, -0.1) is 0 Å². The molecule has 1 aliphatic rings. The molecular formula is C39H61N8O11P. The van der Waals surface area contributed by atoms with E-state index in [4.69, 9.17) is 5.73 Å². The fourth-order valence-electron chi connectivity index (χ4n) is 7.00. The minimum atomic E-state index is -5.11. The average molecular weight is 849 g/mol. The number of aromatic nitrogens is 2. The number of nitrogens with one attached hydrogen (secondary N) is 4. The number of aliphatic hydroxyl groups is 1. The van der Waals surface area contributed by atoms with Crippen molar-refractivity contribution < 1.29 is 52.7 Å². The van der Waals surface area contributed by atoms with Gasteiger partial charge in [-0.3, -0.25) is 33.3 Å². The largest absolute Gasteiger partial charge is 0.469 e. The van der Waals surface area contributed by atoms with E-state index in [0.29, 0.717) is 31.6 Å². The highest BCUT2D eigenvalue weighted by Gasteiger charge is 2.37. The molecule has 6 amide bonds. The van der Waals surface area contributed by atoms with Gasteiger partial charge in [0.15, 0.2) is 0 Å². The number of nitrogens with two attached hydrogens (primary N) is 1. The molecule has 1 aromatic carbocycles. The highest BCUT2D eigenvalue weighted by Crippen LogP contribution is 2.38. The molecule has 1 aromatic heterocycles. The Labute approximate surface area is 344 Å². The Morgan fingerprint density at radius 1 is 0.898 bits per heavy atom. The Balaban J connectivity index is 1.78. The van der Waals surface area contributed by atoms with Gasteiger partial charge in [0, 0.05) is 38.3 Å². The zero-order valence-corrected chi connectivity index (χ0v) is 35.1. The fourth-order valence-corrected chi connectivity index (χ4v) is 7.56.